The molecule has 3 aromatic heterocycles. The van der Waals surface area contributed by atoms with Crippen LogP contribution in [0.25, 0.3) is 72.1 Å². The maximum absolute atomic E-state index is 16.4. The first-order valence-electron chi connectivity index (χ1n) is 17.4. The summed E-state index contributed by atoms with van der Waals surface area (Å²) in [6.07, 6.45) is 0. The summed E-state index contributed by atoms with van der Waals surface area (Å²) in [6.45, 7) is 0. The van der Waals surface area contributed by atoms with Crippen molar-refractivity contribution >= 4 is 61.5 Å². The molecule has 5 nitrogen and oxygen atoms in total. The summed E-state index contributed by atoms with van der Waals surface area (Å²) in [5, 5.41) is 5.68. The fraction of sp³-hybridized carbons (Fsp3) is 0. The van der Waals surface area contributed by atoms with E-state index in [1.54, 1.807) is 0 Å². The number of aromatic nitrogens is 4. The van der Waals surface area contributed by atoms with Crippen molar-refractivity contribution < 1.29 is 4.57 Å². The van der Waals surface area contributed by atoms with Crippen molar-refractivity contribution in [3.63, 3.8) is 0 Å². The number of nitrogens with zero attached hydrogens (tertiary/aromatic N) is 4. The molecule has 10 aromatic rings. The lowest BCUT2D eigenvalue weighted by atomic mass is 10.1. The molecule has 0 fully saturated rings. The quantitative estimate of drug-likeness (QED) is 0.164. The molecule has 6 heteroatoms. The van der Waals surface area contributed by atoms with Crippen LogP contribution in [-0.2, 0) is 4.57 Å². The van der Waals surface area contributed by atoms with Gasteiger partial charge in [0.2, 0.25) is 13.2 Å². The van der Waals surface area contributed by atoms with Gasteiger partial charge in [-0.25, -0.2) is 9.97 Å². The molecule has 0 radical (unpaired) electrons. The van der Waals surface area contributed by atoms with Crippen LogP contribution in [0.5, 0.6) is 0 Å². The summed E-state index contributed by atoms with van der Waals surface area (Å²) < 4.78 is 20.7. The number of fused-ring (bicyclic) bond motifs is 7. The van der Waals surface area contributed by atoms with E-state index in [4.69, 9.17) is 9.97 Å². The van der Waals surface area contributed by atoms with E-state index in [1.165, 1.54) is 0 Å². The Bertz CT molecular complexity index is 2870. The molecule has 0 spiro atoms. The number of para-hydroxylation sites is 2. The van der Waals surface area contributed by atoms with E-state index in [0.29, 0.717) is 5.95 Å². The van der Waals surface area contributed by atoms with Crippen molar-refractivity contribution in [2.75, 3.05) is 0 Å². The van der Waals surface area contributed by atoms with Crippen molar-refractivity contribution in [2.24, 2.45) is 0 Å². The Morgan fingerprint density at radius 1 is 0.404 bits per heavy atom. The molecule has 7 aromatic carbocycles. The van der Waals surface area contributed by atoms with Gasteiger partial charge in [0.05, 0.1) is 33.5 Å². The van der Waals surface area contributed by atoms with Gasteiger partial charge in [-0.1, -0.05) is 146 Å². The maximum Gasteiger partial charge on any atom is 0.235 e. The first kappa shape index (κ1) is 30.3. The molecular formula is C46H31N4OP. The molecule has 0 aliphatic rings. The van der Waals surface area contributed by atoms with Crippen molar-refractivity contribution in [1.29, 1.82) is 0 Å². The molecule has 0 saturated carbocycles. The number of rotatable bonds is 6. The molecule has 0 aliphatic carbocycles. The molecule has 246 valence electrons. The van der Waals surface area contributed by atoms with Crippen LogP contribution >= 0.6 is 7.29 Å². The van der Waals surface area contributed by atoms with Gasteiger partial charge in [-0.3, -0.25) is 13.5 Å². The van der Waals surface area contributed by atoms with E-state index in [2.05, 4.69) is 93.8 Å². The van der Waals surface area contributed by atoms with E-state index >= 15 is 4.57 Å². The summed E-state index contributed by atoms with van der Waals surface area (Å²) in [4.78, 5) is 10.6. The van der Waals surface area contributed by atoms with Crippen LogP contribution in [-0.4, -0.2) is 18.9 Å². The van der Waals surface area contributed by atoms with Crippen molar-refractivity contribution in [3.8, 4) is 28.5 Å². The predicted octanol–water partition coefficient (Wildman–Crippen LogP) is 10.8. The minimum atomic E-state index is -3.53. The average molecular weight is 687 g/mol. The molecule has 0 saturated heterocycles. The number of hydrogen-bond donors (Lipinski definition) is 0. The smallest absolute Gasteiger partial charge is 0.235 e. The zero-order valence-electron chi connectivity index (χ0n) is 28.0. The Morgan fingerprint density at radius 2 is 0.827 bits per heavy atom. The van der Waals surface area contributed by atoms with Gasteiger partial charge in [0.15, 0.2) is 0 Å². The lowest BCUT2D eigenvalue weighted by Gasteiger charge is -2.24. The zero-order valence-corrected chi connectivity index (χ0v) is 28.9. The second-order valence-corrected chi connectivity index (χ2v) is 15.5. The Kier molecular flexibility index (Phi) is 7.02. The molecule has 0 bridgehead atoms. The standard InChI is InChI=1S/C46H31N4OP/c51-52(34-21-9-3-10-22-34,35-23-11-4-12-24-35)50-43-28-16-14-26-37(43)39-30-29-38-36-25-13-15-27-42(36)49(44(38)45(39)50)46-47-40(32-17-5-1-6-18-32)31-41(48-46)33-19-7-2-8-20-33/h1-31H. The summed E-state index contributed by atoms with van der Waals surface area (Å²) in [5.41, 5.74) is 7.31. The van der Waals surface area contributed by atoms with Gasteiger partial charge in [-0.05, 0) is 42.5 Å². The van der Waals surface area contributed by atoms with E-state index in [1.807, 2.05) is 103 Å². The first-order chi connectivity index (χ1) is 25.7. The normalized spacial score (nSPS) is 11.9. The van der Waals surface area contributed by atoms with Gasteiger partial charge < -0.3 is 0 Å². The molecule has 0 atom stereocenters. The summed E-state index contributed by atoms with van der Waals surface area (Å²) >= 11 is 0. The minimum absolute atomic E-state index is 0.546. The molecule has 3 heterocycles. The highest BCUT2D eigenvalue weighted by atomic mass is 31.2. The van der Waals surface area contributed by atoms with E-state index in [-0.39, 0.29) is 0 Å². The third-order valence-electron chi connectivity index (χ3n) is 9.99. The van der Waals surface area contributed by atoms with Crippen LogP contribution in [0.15, 0.2) is 188 Å². The zero-order chi connectivity index (χ0) is 34.6. The third kappa shape index (κ3) is 4.60. The predicted molar refractivity (Wildman–Crippen MR) is 215 cm³/mol. The van der Waals surface area contributed by atoms with Crippen molar-refractivity contribution in [2.45, 2.75) is 0 Å². The fourth-order valence-electron chi connectivity index (χ4n) is 7.67. The van der Waals surface area contributed by atoms with Crippen LogP contribution in [0.1, 0.15) is 0 Å². The summed E-state index contributed by atoms with van der Waals surface area (Å²) in [6, 6.07) is 63.5. The topological polar surface area (TPSA) is 52.7 Å². The highest BCUT2D eigenvalue weighted by Gasteiger charge is 2.34. The Hall–Kier alpha value is -6.55. The van der Waals surface area contributed by atoms with Crippen molar-refractivity contribution in [1.82, 2.24) is 18.9 Å². The highest BCUT2D eigenvalue weighted by Crippen LogP contribution is 2.53. The Labute approximate surface area is 300 Å². The first-order valence-corrected chi connectivity index (χ1v) is 19.0. The molecule has 10 rings (SSSR count). The van der Waals surface area contributed by atoms with E-state index in [0.717, 1.165) is 76.7 Å². The molecule has 52 heavy (non-hydrogen) atoms. The Morgan fingerprint density at radius 3 is 1.37 bits per heavy atom. The lowest BCUT2D eigenvalue weighted by Crippen LogP contribution is -2.21. The van der Waals surface area contributed by atoms with E-state index < -0.39 is 7.29 Å². The number of benzene rings is 7. The third-order valence-corrected chi connectivity index (χ3v) is 13.0. The fourth-order valence-corrected chi connectivity index (χ4v) is 10.5. The van der Waals surface area contributed by atoms with Crippen LogP contribution in [0, 0.1) is 0 Å². The van der Waals surface area contributed by atoms with Gasteiger partial charge in [-0.15, -0.1) is 0 Å². The van der Waals surface area contributed by atoms with Crippen LogP contribution in [0.3, 0.4) is 0 Å². The number of hydrogen-bond acceptors (Lipinski definition) is 3. The highest BCUT2D eigenvalue weighted by molar-refractivity contribution is 7.77. The SMILES string of the molecule is O=P(c1ccccc1)(c1ccccc1)n1c2ccccc2c2ccc3c4ccccc4n(-c4nc(-c5ccccc5)cc(-c5ccccc5)n4)c3c21. The molecule has 0 aliphatic heterocycles. The molecule has 0 unspecified atom stereocenters. The molecular weight excluding hydrogens is 656 g/mol. The van der Waals surface area contributed by atoms with Crippen molar-refractivity contribution in [3.05, 3.63) is 188 Å². The molecule has 0 amide bonds. The largest absolute Gasteiger partial charge is 0.290 e. The summed E-state index contributed by atoms with van der Waals surface area (Å²) in [5.74, 6) is 0.546. The van der Waals surface area contributed by atoms with Crippen LogP contribution < -0.4 is 10.6 Å². The average Bonchev–Trinajstić information content (AvgIpc) is 3.75. The van der Waals surface area contributed by atoms with Gasteiger partial charge >= 0.3 is 0 Å². The van der Waals surface area contributed by atoms with Gasteiger partial charge in [-0.2, -0.15) is 0 Å². The monoisotopic (exact) mass is 686 g/mol. The van der Waals surface area contributed by atoms with Crippen LogP contribution in [0.2, 0.25) is 0 Å². The van der Waals surface area contributed by atoms with Gasteiger partial charge in [0.1, 0.15) is 0 Å². The Balaban J connectivity index is 1.41. The molecule has 0 N–H and O–H groups in total. The van der Waals surface area contributed by atoms with E-state index in [9.17, 15) is 0 Å². The minimum Gasteiger partial charge on any atom is -0.290 e. The maximum atomic E-state index is 16.4. The van der Waals surface area contributed by atoms with Gasteiger partial charge in [0, 0.05) is 43.3 Å². The van der Waals surface area contributed by atoms with Gasteiger partial charge in [0.25, 0.3) is 0 Å². The van der Waals surface area contributed by atoms with Crippen LogP contribution in [0.4, 0.5) is 0 Å². The second kappa shape index (κ2) is 12.1. The lowest BCUT2D eigenvalue weighted by molar-refractivity contribution is 0.583. The second-order valence-electron chi connectivity index (χ2n) is 13.0. The summed E-state index contributed by atoms with van der Waals surface area (Å²) in [7, 11) is -3.53.